The van der Waals surface area contributed by atoms with Gasteiger partial charge in [0.05, 0.1) is 36.0 Å². The fraction of sp³-hybridized carbons (Fsp3) is 0.424. The van der Waals surface area contributed by atoms with Crippen LogP contribution < -0.4 is 26.6 Å². The van der Waals surface area contributed by atoms with Crippen LogP contribution in [0, 0.1) is 12.8 Å². The standard InChI is InChI=1S/C33H47N7O2/c1-21(2)18-38(8)19-26-14-27(16-28(31(26)42-10)33(5,6)7)37-32(41)24-12-11-22(3)30(15-24)40(35)20-29(34)25-13-23(4)39(9)36-17-25/h11-12,14-17,20-21H,18-19,34-35H2,1-10H3,(H,37,41)/b29-20-. The Balaban J connectivity index is 1.94. The van der Waals surface area contributed by atoms with Crippen LogP contribution in [-0.4, -0.2) is 49.8 Å². The van der Waals surface area contributed by atoms with E-state index in [1.54, 1.807) is 36.7 Å². The van der Waals surface area contributed by atoms with Crippen LogP contribution in [0.15, 0.2) is 64.3 Å². The lowest BCUT2D eigenvalue weighted by molar-refractivity contribution is 0.102. The van der Waals surface area contributed by atoms with Crippen LogP contribution in [0.5, 0.6) is 5.75 Å². The van der Waals surface area contributed by atoms with Crippen molar-refractivity contribution >= 4 is 23.5 Å². The Hall–Kier alpha value is -4.04. The van der Waals surface area contributed by atoms with Crippen LogP contribution in [0.3, 0.4) is 0 Å². The fourth-order valence-electron chi connectivity index (χ4n) is 4.86. The second-order valence-corrected chi connectivity index (χ2v) is 12.4. The maximum Gasteiger partial charge on any atom is 0.255 e. The first kappa shape index (κ1) is 32.5. The highest BCUT2D eigenvalue weighted by molar-refractivity contribution is 6.05. The van der Waals surface area contributed by atoms with E-state index in [-0.39, 0.29) is 11.3 Å². The molecule has 0 aliphatic carbocycles. The van der Waals surface area contributed by atoms with Gasteiger partial charge < -0.3 is 20.7 Å². The molecule has 0 bridgehead atoms. The number of aryl methyl sites for hydroxylation is 1. The monoisotopic (exact) mass is 573 g/mol. The molecule has 226 valence electrons. The molecule has 2 aromatic carbocycles. The number of hydrazone groups is 1. The smallest absolute Gasteiger partial charge is 0.255 e. The van der Waals surface area contributed by atoms with Crippen molar-refractivity contribution in [1.29, 1.82) is 0 Å². The number of carbonyl (C=O) groups excluding carboxylic acids is 1. The number of allylic oxidation sites excluding steroid dienone is 1. The summed E-state index contributed by atoms with van der Waals surface area (Å²) in [6, 6.07) is 9.43. The first-order chi connectivity index (χ1) is 19.6. The van der Waals surface area contributed by atoms with Gasteiger partial charge in [-0.05, 0) is 62.1 Å². The Kier molecular flexibility index (Phi) is 10.3. The minimum Gasteiger partial charge on any atom is -0.496 e. The van der Waals surface area contributed by atoms with Gasteiger partial charge in [0, 0.05) is 48.7 Å². The lowest BCUT2D eigenvalue weighted by Gasteiger charge is -2.27. The molecule has 0 radical (unpaired) electrons. The molecule has 0 spiro atoms. The highest BCUT2D eigenvalue weighted by Crippen LogP contribution is 2.37. The molecule has 0 atom stereocenters. The Morgan fingerprint density at radius 3 is 2.50 bits per heavy atom. The summed E-state index contributed by atoms with van der Waals surface area (Å²) >= 11 is 0. The van der Waals surface area contributed by atoms with Crippen LogP contribution >= 0.6 is 0 Å². The third-order valence-electron chi connectivity index (χ3n) is 7.05. The molecular formula is C33H47N7O2. The Morgan fingerprint density at radius 1 is 1.21 bits per heavy atom. The second-order valence-electron chi connectivity index (χ2n) is 12.4. The number of hydrogen-bond donors (Lipinski definition) is 3. The number of nitrogens with one attached hydrogen (secondary N) is 1. The number of hydrogen-bond acceptors (Lipinski definition) is 8. The summed E-state index contributed by atoms with van der Waals surface area (Å²) < 4.78 is 5.90. The first-order valence-electron chi connectivity index (χ1n) is 14.2. The van der Waals surface area contributed by atoms with Gasteiger partial charge in [0.15, 0.2) is 0 Å². The molecule has 2 aromatic rings. The summed E-state index contributed by atoms with van der Waals surface area (Å²) in [5.41, 5.74) is 16.0. The summed E-state index contributed by atoms with van der Waals surface area (Å²) in [5.74, 6) is 7.56. The molecular weight excluding hydrogens is 526 g/mol. The molecule has 9 heteroatoms. The summed E-state index contributed by atoms with van der Waals surface area (Å²) in [4.78, 5) is 15.8. The van der Waals surface area contributed by atoms with Crippen molar-refractivity contribution in [2.75, 3.05) is 38.1 Å². The number of benzene rings is 2. The van der Waals surface area contributed by atoms with Gasteiger partial charge in [0.25, 0.3) is 5.91 Å². The number of nitrogens with two attached hydrogens (primary N) is 2. The number of carbonyl (C=O) groups is 1. The number of hydrazine groups is 1. The van der Waals surface area contributed by atoms with Crippen molar-refractivity contribution < 1.29 is 9.53 Å². The second kappa shape index (κ2) is 13.3. The molecule has 9 nitrogen and oxygen atoms in total. The van der Waals surface area contributed by atoms with Crippen molar-refractivity contribution in [2.45, 2.75) is 60.4 Å². The number of ether oxygens (including phenoxy) is 1. The molecule has 1 heterocycles. The summed E-state index contributed by atoms with van der Waals surface area (Å²) in [6.07, 6.45) is 3.24. The average molecular weight is 574 g/mol. The van der Waals surface area contributed by atoms with Crippen LogP contribution in [0.25, 0.3) is 0 Å². The van der Waals surface area contributed by atoms with Crippen LogP contribution in [0.2, 0.25) is 0 Å². The minimum atomic E-state index is -0.239. The first-order valence-corrected chi connectivity index (χ1v) is 14.2. The van der Waals surface area contributed by atoms with E-state index in [4.69, 9.17) is 16.3 Å². The highest BCUT2D eigenvalue weighted by Gasteiger charge is 2.24. The molecule has 0 saturated heterocycles. The summed E-state index contributed by atoms with van der Waals surface area (Å²) in [5, 5.41) is 10.5. The van der Waals surface area contributed by atoms with Crippen LogP contribution in [0.4, 0.5) is 11.4 Å². The Bertz CT molecular complexity index is 1440. The molecule has 0 saturated carbocycles. The molecule has 1 aliphatic rings. The number of rotatable bonds is 10. The largest absolute Gasteiger partial charge is 0.496 e. The van der Waals surface area contributed by atoms with Gasteiger partial charge in [-0.3, -0.25) is 14.8 Å². The fourth-order valence-corrected chi connectivity index (χ4v) is 4.86. The number of anilines is 2. The van der Waals surface area contributed by atoms with Crippen LogP contribution in [-0.2, 0) is 12.0 Å². The van der Waals surface area contributed by atoms with Gasteiger partial charge >= 0.3 is 0 Å². The molecule has 1 aliphatic heterocycles. The third kappa shape index (κ3) is 8.03. The van der Waals surface area contributed by atoms with Gasteiger partial charge in [0.2, 0.25) is 0 Å². The topological polar surface area (TPSA) is 112 Å². The zero-order valence-corrected chi connectivity index (χ0v) is 26.8. The van der Waals surface area contributed by atoms with E-state index >= 15 is 0 Å². The average Bonchev–Trinajstić information content (AvgIpc) is 2.89. The lowest BCUT2D eigenvalue weighted by Crippen LogP contribution is -2.28. The van der Waals surface area contributed by atoms with Gasteiger partial charge in [-0.25, -0.2) is 5.84 Å². The van der Waals surface area contributed by atoms with Crippen molar-refractivity contribution in [2.24, 2.45) is 22.6 Å². The van der Waals surface area contributed by atoms with E-state index in [1.165, 1.54) is 5.01 Å². The SMILES string of the molecule is COc1c(CN(C)CC(C)C)cc(NC(=O)c2ccc(C)c(N(N)/C=C(\N)C3=C=C(C)N(C)N=C3)c2)cc1C(C)(C)C. The number of methoxy groups -OCH3 is 1. The maximum atomic E-state index is 13.5. The van der Waals surface area contributed by atoms with E-state index < -0.39 is 0 Å². The molecule has 42 heavy (non-hydrogen) atoms. The summed E-state index contributed by atoms with van der Waals surface area (Å²) in [6.45, 7) is 16.3. The molecule has 0 unspecified atom stereocenters. The lowest BCUT2D eigenvalue weighted by atomic mass is 9.84. The van der Waals surface area contributed by atoms with Gasteiger partial charge in [-0.1, -0.05) is 46.4 Å². The number of amides is 1. The molecule has 5 N–H and O–H groups in total. The Morgan fingerprint density at radius 2 is 1.90 bits per heavy atom. The normalized spacial score (nSPS) is 13.8. The van der Waals surface area contributed by atoms with Crippen LogP contribution in [0.1, 0.15) is 68.6 Å². The van der Waals surface area contributed by atoms with E-state index in [0.29, 0.717) is 40.7 Å². The van der Waals surface area contributed by atoms with Gasteiger partial charge in [-0.2, -0.15) is 5.10 Å². The summed E-state index contributed by atoms with van der Waals surface area (Å²) in [7, 11) is 5.64. The molecule has 3 rings (SSSR count). The molecule has 1 amide bonds. The Labute approximate surface area is 251 Å². The zero-order valence-electron chi connectivity index (χ0n) is 26.8. The predicted molar refractivity (Wildman–Crippen MR) is 173 cm³/mol. The van der Waals surface area contributed by atoms with E-state index in [9.17, 15) is 4.79 Å². The molecule has 0 aromatic heterocycles. The van der Waals surface area contributed by atoms with E-state index in [1.807, 2.05) is 39.1 Å². The van der Waals surface area contributed by atoms with E-state index in [0.717, 1.165) is 34.7 Å². The zero-order chi connectivity index (χ0) is 31.4. The van der Waals surface area contributed by atoms with Crippen molar-refractivity contribution in [3.63, 3.8) is 0 Å². The highest BCUT2D eigenvalue weighted by atomic mass is 16.5. The predicted octanol–water partition coefficient (Wildman–Crippen LogP) is 5.48. The van der Waals surface area contributed by atoms with Crippen molar-refractivity contribution in [1.82, 2.24) is 9.91 Å². The third-order valence-corrected chi connectivity index (χ3v) is 7.05. The van der Waals surface area contributed by atoms with Crippen molar-refractivity contribution in [3.05, 3.63) is 81.5 Å². The maximum absolute atomic E-state index is 13.5. The molecule has 0 fully saturated rings. The van der Waals surface area contributed by atoms with Crippen molar-refractivity contribution in [3.8, 4) is 5.75 Å². The quantitative estimate of drug-likeness (QED) is 0.196. The minimum absolute atomic E-state index is 0.192. The van der Waals surface area contributed by atoms with E-state index in [2.05, 4.69) is 62.7 Å². The van der Waals surface area contributed by atoms with Gasteiger partial charge in [0.1, 0.15) is 5.75 Å². The number of nitrogens with zero attached hydrogens (tertiary/aromatic N) is 4. The van der Waals surface area contributed by atoms with Gasteiger partial charge in [-0.15, -0.1) is 0 Å².